The predicted molar refractivity (Wildman–Crippen MR) is 55.7 cm³/mol. The van der Waals surface area contributed by atoms with Gasteiger partial charge in [0.2, 0.25) is 0 Å². The molecule has 0 fully saturated rings. The van der Waals surface area contributed by atoms with E-state index in [0.717, 1.165) is 10.0 Å². The van der Waals surface area contributed by atoms with E-state index in [-0.39, 0.29) is 5.92 Å². The zero-order chi connectivity index (χ0) is 9.84. The van der Waals surface area contributed by atoms with Gasteiger partial charge in [-0.2, -0.15) is 5.26 Å². The third-order valence-corrected chi connectivity index (χ3v) is 2.31. The maximum absolute atomic E-state index is 8.62. The molecule has 0 saturated carbocycles. The van der Waals surface area contributed by atoms with Crippen LogP contribution in [0.2, 0.25) is 0 Å². The van der Waals surface area contributed by atoms with Crippen molar-refractivity contribution in [1.29, 1.82) is 10.7 Å². The number of nitriles is 1. The molecular formula is C10H9BrN2. The molecule has 1 aromatic carbocycles. The van der Waals surface area contributed by atoms with Crippen LogP contribution in [0.5, 0.6) is 0 Å². The van der Waals surface area contributed by atoms with Gasteiger partial charge in [-0.3, -0.25) is 0 Å². The number of rotatable bonds is 2. The van der Waals surface area contributed by atoms with Gasteiger partial charge in [0, 0.05) is 4.47 Å². The Balaban J connectivity index is 2.91. The highest BCUT2D eigenvalue weighted by Crippen LogP contribution is 2.13. The third kappa shape index (κ3) is 2.40. The summed E-state index contributed by atoms with van der Waals surface area (Å²) < 4.78 is 0.980. The number of benzene rings is 1. The summed E-state index contributed by atoms with van der Waals surface area (Å²) in [6, 6.07) is 9.45. The van der Waals surface area contributed by atoms with Crippen LogP contribution in [0.1, 0.15) is 12.5 Å². The van der Waals surface area contributed by atoms with Gasteiger partial charge >= 0.3 is 0 Å². The van der Waals surface area contributed by atoms with Crippen LogP contribution in [-0.2, 0) is 0 Å². The lowest BCUT2D eigenvalue weighted by molar-refractivity contribution is 1.00. The maximum atomic E-state index is 8.62. The Morgan fingerprint density at radius 3 is 2.46 bits per heavy atom. The predicted octanol–water partition coefficient (Wildman–Crippen LogP) is 2.98. The summed E-state index contributed by atoms with van der Waals surface area (Å²) in [4.78, 5) is 0. The molecule has 66 valence electrons. The molecule has 0 aliphatic heterocycles. The van der Waals surface area contributed by atoms with Crippen molar-refractivity contribution < 1.29 is 0 Å². The first-order chi connectivity index (χ1) is 6.15. The minimum Gasteiger partial charge on any atom is -0.303 e. The first kappa shape index (κ1) is 9.94. The molecule has 3 heteroatoms. The van der Waals surface area contributed by atoms with Gasteiger partial charge in [-0.25, -0.2) is 0 Å². The molecule has 0 heterocycles. The average molecular weight is 237 g/mol. The second-order valence-electron chi connectivity index (χ2n) is 2.77. The van der Waals surface area contributed by atoms with E-state index in [1.807, 2.05) is 30.3 Å². The van der Waals surface area contributed by atoms with Crippen LogP contribution in [0.3, 0.4) is 0 Å². The smallest absolute Gasteiger partial charge is 0.0855 e. The fourth-order valence-corrected chi connectivity index (χ4v) is 1.21. The second kappa shape index (κ2) is 4.20. The highest BCUT2D eigenvalue weighted by Gasteiger charge is 2.08. The Labute approximate surface area is 85.8 Å². The molecule has 2 nitrogen and oxygen atoms in total. The van der Waals surface area contributed by atoms with Crippen molar-refractivity contribution in [2.75, 3.05) is 0 Å². The summed E-state index contributed by atoms with van der Waals surface area (Å²) in [5.41, 5.74) is 1.17. The van der Waals surface area contributed by atoms with Gasteiger partial charge < -0.3 is 5.41 Å². The molecule has 0 radical (unpaired) electrons. The van der Waals surface area contributed by atoms with Gasteiger partial charge in [0.05, 0.1) is 17.7 Å². The third-order valence-electron chi connectivity index (χ3n) is 1.78. The number of nitrogens with zero attached hydrogens (tertiary/aromatic N) is 1. The van der Waals surface area contributed by atoms with E-state index >= 15 is 0 Å². The fourth-order valence-electron chi connectivity index (χ4n) is 0.944. The molecule has 1 unspecified atom stereocenters. The zero-order valence-corrected chi connectivity index (χ0v) is 8.80. The van der Waals surface area contributed by atoms with E-state index in [1.54, 1.807) is 6.92 Å². The molecule has 1 aromatic rings. The molecule has 0 saturated heterocycles. The first-order valence-electron chi connectivity index (χ1n) is 3.89. The fraction of sp³-hybridized carbons (Fsp3) is 0.200. The molecule has 1 rings (SSSR count). The normalized spacial score (nSPS) is 11.8. The standard InChI is InChI=1S/C10H9BrN2/c1-7(6-12)10(13)8-2-4-9(11)5-3-8/h2-5,7,13H,1H3. The van der Waals surface area contributed by atoms with Crippen LogP contribution >= 0.6 is 15.9 Å². The highest BCUT2D eigenvalue weighted by molar-refractivity contribution is 9.10. The molecule has 13 heavy (non-hydrogen) atoms. The van der Waals surface area contributed by atoms with Crippen molar-refractivity contribution in [3.05, 3.63) is 34.3 Å². The maximum Gasteiger partial charge on any atom is 0.0855 e. The van der Waals surface area contributed by atoms with Crippen LogP contribution in [0.4, 0.5) is 0 Å². The average Bonchev–Trinajstić information content (AvgIpc) is 2.17. The molecule has 0 aromatic heterocycles. The van der Waals surface area contributed by atoms with E-state index < -0.39 is 0 Å². The van der Waals surface area contributed by atoms with Crippen LogP contribution in [0, 0.1) is 22.7 Å². The van der Waals surface area contributed by atoms with Gasteiger partial charge in [0.25, 0.3) is 0 Å². The minimum absolute atomic E-state index is 0.346. The van der Waals surface area contributed by atoms with Gasteiger partial charge in [-0.05, 0) is 24.6 Å². The van der Waals surface area contributed by atoms with Crippen molar-refractivity contribution in [3.63, 3.8) is 0 Å². The second-order valence-corrected chi connectivity index (χ2v) is 3.69. The Kier molecular flexibility index (Phi) is 3.21. The van der Waals surface area contributed by atoms with Crippen molar-refractivity contribution in [3.8, 4) is 6.07 Å². The lowest BCUT2D eigenvalue weighted by Crippen LogP contribution is -2.08. The minimum atomic E-state index is -0.346. The lowest BCUT2D eigenvalue weighted by Gasteiger charge is -2.04. The van der Waals surface area contributed by atoms with E-state index in [0.29, 0.717) is 5.71 Å². The van der Waals surface area contributed by atoms with E-state index in [2.05, 4.69) is 15.9 Å². The summed E-state index contributed by atoms with van der Waals surface area (Å²) in [5.74, 6) is -0.346. The van der Waals surface area contributed by atoms with Crippen molar-refractivity contribution in [2.45, 2.75) is 6.92 Å². The summed E-state index contributed by atoms with van der Waals surface area (Å²) in [5, 5.41) is 16.3. The zero-order valence-electron chi connectivity index (χ0n) is 7.21. The largest absolute Gasteiger partial charge is 0.303 e. The highest BCUT2D eigenvalue weighted by atomic mass is 79.9. The molecule has 0 amide bonds. The Bertz CT molecular complexity index is 348. The van der Waals surface area contributed by atoms with E-state index in [4.69, 9.17) is 10.7 Å². The van der Waals surface area contributed by atoms with Crippen LogP contribution in [-0.4, -0.2) is 5.71 Å². The summed E-state index contributed by atoms with van der Waals surface area (Å²) in [7, 11) is 0. The quantitative estimate of drug-likeness (QED) is 0.789. The first-order valence-corrected chi connectivity index (χ1v) is 4.68. The van der Waals surface area contributed by atoms with Gasteiger partial charge in [0.15, 0.2) is 0 Å². The Hall–Kier alpha value is -1.14. The van der Waals surface area contributed by atoms with Gasteiger partial charge in [-0.1, -0.05) is 28.1 Å². The molecule has 0 bridgehead atoms. The SMILES string of the molecule is CC(C#N)C(=N)c1ccc(Br)cc1. The van der Waals surface area contributed by atoms with Gasteiger partial charge in [0.1, 0.15) is 0 Å². The monoisotopic (exact) mass is 236 g/mol. The van der Waals surface area contributed by atoms with Crippen molar-refractivity contribution in [1.82, 2.24) is 0 Å². The van der Waals surface area contributed by atoms with Crippen molar-refractivity contribution >= 4 is 21.6 Å². The number of hydrogen-bond donors (Lipinski definition) is 1. The molecule has 1 N–H and O–H groups in total. The van der Waals surface area contributed by atoms with Crippen LogP contribution < -0.4 is 0 Å². The molecule has 0 aliphatic carbocycles. The van der Waals surface area contributed by atoms with Gasteiger partial charge in [-0.15, -0.1) is 0 Å². The van der Waals surface area contributed by atoms with Crippen molar-refractivity contribution in [2.24, 2.45) is 5.92 Å². The number of hydrogen-bond acceptors (Lipinski definition) is 2. The number of nitrogens with one attached hydrogen (secondary N) is 1. The van der Waals surface area contributed by atoms with E-state index in [1.165, 1.54) is 0 Å². The molecule has 0 spiro atoms. The molecule has 1 atom stereocenters. The molecule has 0 aliphatic rings. The summed E-state index contributed by atoms with van der Waals surface area (Å²) in [6.45, 7) is 1.73. The van der Waals surface area contributed by atoms with Crippen LogP contribution in [0.25, 0.3) is 0 Å². The topological polar surface area (TPSA) is 47.6 Å². The Morgan fingerprint density at radius 1 is 1.46 bits per heavy atom. The van der Waals surface area contributed by atoms with Crippen LogP contribution in [0.15, 0.2) is 28.7 Å². The molecular weight excluding hydrogens is 228 g/mol. The van der Waals surface area contributed by atoms with E-state index in [9.17, 15) is 0 Å². The lowest BCUT2D eigenvalue weighted by atomic mass is 10.0. The Morgan fingerprint density at radius 2 is 2.00 bits per heavy atom. The number of halogens is 1. The summed E-state index contributed by atoms with van der Waals surface area (Å²) >= 11 is 3.31. The summed E-state index contributed by atoms with van der Waals surface area (Å²) in [6.07, 6.45) is 0.